The fourth-order valence-corrected chi connectivity index (χ4v) is 3.16. The molecule has 3 rings (SSSR count). The summed E-state index contributed by atoms with van der Waals surface area (Å²) in [6, 6.07) is 13.1. The standard InChI is InChI=1S/C15H17N3S/c1-11-4-2-5-12(8-11)14-9-17-15(16)18(14)10-13-6-3-7-19-13/h2-8,14H,9-10H2,1H3,(H2,16,17). The number of nitrogens with two attached hydrogens (primary N) is 1. The van der Waals surface area contributed by atoms with Gasteiger partial charge in [0.2, 0.25) is 0 Å². The van der Waals surface area contributed by atoms with Crippen LogP contribution in [0.3, 0.4) is 0 Å². The quantitative estimate of drug-likeness (QED) is 0.932. The summed E-state index contributed by atoms with van der Waals surface area (Å²) in [6.45, 7) is 3.71. The van der Waals surface area contributed by atoms with Gasteiger partial charge in [-0.2, -0.15) is 0 Å². The van der Waals surface area contributed by atoms with Crippen LogP contribution >= 0.6 is 11.3 Å². The summed E-state index contributed by atoms with van der Waals surface area (Å²) < 4.78 is 0. The SMILES string of the molecule is Cc1cccc(C2CN=C(N)N2Cc2cccs2)c1. The topological polar surface area (TPSA) is 41.6 Å². The predicted molar refractivity (Wildman–Crippen MR) is 80.3 cm³/mol. The van der Waals surface area contributed by atoms with Crippen molar-refractivity contribution in [3.05, 3.63) is 57.8 Å². The van der Waals surface area contributed by atoms with Crippen LogP contribution in [0.5, 0.6) is 0 Å². The number of aliphatic imine (C=N–C) groups is 1. The van der Waals surface area contributed by atoms with E-state index in [1.165, 1.54) is 16.0 Å². The average molecular weight is 271 g/mol. The number of benzene rings is 1. The Kier molecular flexibility index (Phi) is 3.25. The summed E-state index contributed by atoms with van der Waals surface area (Å²) in [5, 5.41) is 2.10. The fraction of sp³-hybridized carbons (Fsp3) is 0.267. The summed E-state index contributed by atoms with van der Waals surface area (Å²) in [4.78, 5) is 7.92. The number of guanidine groups is 1. The van der Waals surface area contributed by atoms with Gasteiger partial charge in [-0.1, -0.05) is 35.9 Å². The van der Waals surface area contributed by atoms with Gasteiger partial charge in [-0.25, -0.2) is 0 Å². The van der Waals surface area contributed by atoms with Crippen molar-refractivity contribution in [2.75, 3.05) is 6.54 Å². The zero-order chi connectivity index (χ0) is 13.2. The monoisotopic (exact) mass is 271 g/mol. The molecule has 0 saturated carbocycles. The van der Waals surface area contributed by atoms with Gasteiger partial charge < -0.3 is 10.6 Å². The van der Waals surface area contributed by atoms with Crippen molar-refractivity contribution in [2.24, 2.45) is 10.7 Å². The Morgan fingerprint density at radius 3 is 3.00 bits per heavy atom. The van der Waals surface area contributed by atoms with Gasteiger partial charge in [0.25, 0.3) is 0 Å². The zero-order valence-corrected chi connectivity index (χ0v) is 11.7. The van der Waals surface area contributed by atoms with Crippen LogP contribution in [0.25, 0.3) is 0 Å². The molecule has 0 aliphatic carbocycles. The van der Waals surface area contributed by atoms with Crippen molar-refractivity contribution in [3.63, 3.8) is 0 Å². The normalized spacial score (nSPS) is 18.7. The van der Waals surface area contributed by atoms with Crippen LogP contribution in [0.1, 0.15) is 22.0 Å². The van der Waals surface area contributed by atoms with Gasteiger partial charge >= 0.3 is 0 Å². The molecule has 2 N–H and O–H groups in total. The Morgan fingerprint density at radius 2 is 2.26 bits per heavy atom. The van der Waals surface area contributed by atoms with Crippen molar-refractivity contribution in [1.82, 2.24) is 4.90 Å². The minimum absolute atomic E-state index is 0.266. The zero-order valence-electron chi connectivity index (χ0n) is 10.9. The Hall–Kier alpha value is -1.81. The van der Waals surface area contributed by atoms with Gasteiger partial charge in [-0.15, -0.1) is 11.3 Å². The molecule has 0 amide bonds. The molecule has 19 heavy (non-hydrogen) atoms. The summed E-state index contributed by atoms with van der Waals surface area (Å²) in [7, 11) is 0. The van der Waals surface area contributed by atoms with E-state index in [1.807, 2.05) is 0 Å². The lowest BCUT2D eigenvalue weighted by atomic mass is 10.0. The first-order valence-corrected chi connectivity index (χ1v) is 7.27. The lowest BCUT2D eigenvalue weighted by Crippen LogP contribution is -2.35. The number of hydrogen-bond donors (Lipinski definition) is 1. The van der Waals surface area contributed by atoms with Crippen LogP contribution in [0.15, 0.2) is 46.8 Å². The molecule has 1 aliphatic rings. The van der Waals surface area contributed by atoms with Crippen molar-refractivity contribution in [2.45, 2.75) is 19.5 Å². The van der Waals surface area contributed by atoms with Gasteiger partial charge in [-0.3, -0.25) is 4.99 Å². The summed E-state index contributed by atoms with van der Waals surface area (Å²) in [5.41, 5.74) is 8.61. The molecule has 0 bridgehead atoms. The van der Waals surface area contributed by atoms with E-state index in [0.29, 0.717) is 5.96 Å². The highest BCUT2D eigenvalue weighted by Gasteiger charge is 2.27. The molecule has 1 aromatic heterocycles. The Morgan fingerprint density at radius 1 is 1.37 bits per heavy atom. The number of rotatable bonds is 3. The number of hydrogen-bond acceptors (Lipinski definition) is 4. The van der Waals surface area contributed by atoms with Crippen molar-refractivity contribution in [3.8, 4) is 0 Å². The van der Waals surface area contributed by atoms with Crippen LogP contribution in [-0.2, 0) is 6.54 Å². The van der Waals surface area contributed by atoms with Crippen LogP contribution in [0.4, 0.5) is 0 Å². The molecule has 0 spiro atoms. The average Bonchev–Trinajstić information content (AvgIpc) is 3.01. The fourth-order valence-electron chi connectivity index (χ4n) is 2.45. The molecule has 2 heterocycles. The van der Waals surface area contributed by atoms with E-state index in [-0.39, 0.29) is 6.04 Å². The Labute approximate surface area is 117 Å². The Bertz CT molecular complexity index is 589. The molecule has 1 aromatic carbocycles. The third-order valence-corrected chi connectivity index (χ3v) is 4.29. The molecule has 1 atom stereocenters. The van der Waals surface area contributed by atoms with E-state index in [1.54, 1.807) is 11.3 Å². The maximum absolute atomic E-state index is 6.04. The predicted octanol–water partition coefficient (Wildman–Crippen LogP) is 2.93. The van der Waals surface area contributed by atoms with Gasteiger partial charge in [-0.05, 0) is 23.9 Å². The van der Waals surface area contributed by atoms with E-state index in [4.69, 9.17) is 5.73 Å². The van der Waals surface area contributed by atoms with Crippen LogP contribution < -0.4 is 5.73 Å². The maximum Gasteiger partial charge on any atom is 0.192 e. The maximum atomic E-state index is 6.04. The molecule has 0 radical (unpaired) electrons. The van der Waals surface area contributed by atoms with E-state index in [0.717, 1.165) is 13.1 Å². The molecule has 0 saturated heterocycles. The van der Waals surface area contributed by atoms with Crippen molar-refractivity contribution >= 4 is 17.3 Å². The molecule has 3 nitrogen and oxygen atoms in total. The van der Waals surface area contributed by atoms with E-state index >= 15 is 0 Å². The van der Waals surface area contributed by atoms with E-state index < -0.39 is 0 Å². The summed E-state index contributed by atoms with van der Waals surface area (Å²) in [6.07, 6.45) is 0. The first-order valence-electron chi connectivity index (χ1n) is 6.39. The highest BCUT2D eigenvalue weighted by Crippen LogP contribution is 2.28. The van der Waals surface area contributed by atoms with E-state index in [9.17, 15) is 0 Å². The van der Waals surface area contributed by atoms with E-state index in [2.05, 4.69) is 58.6 Å². The van der Waals surface area contributed by atoms with Crippen LogP contribution in [0.2, 0.25) is 0 Å². The van der Waals surface area contributed by atoms with Crippen LogP contribution in [0, 0.1) is 6.92 Å². The minimum Gasteiger partial charge on any atom is -0.370 e. The van der Waals surface area contributed by atoms with Gasteiger partial charge in [0.15, 0.2) is 5.96 Å². The summed E-state index contributed by atoms with van der Waals surface area (Å²) >= 11 is 1.76. The molecule has 98 valence electrons. The number of nitrogens with zero attached hydrogens (tertiary/aromatic N) is 2. The summed E-state index contributed by atoms with van der Waals surface area (Å²) in [5.74, 6) is 0.653. The first kappa shape index (κ1) is 12.2. The van der Waals surface area contributed by atoms with Gasteiger partial charge in [0, 0.05) is 4.88 Å². The second-order valence-electron chi connectivity index (χ2n) is 4.84. The van der Waals surface area contributed by atoms with Crippen molar-refractivity contribution in [1.29, 1.82) is 0 Å². The number of aryl methyl sites for hydroxylation is 1. The molecular weight excluding hydrogens is 254 g/mol. The van der Waals surface area contributed by atoms with Gasteiger partial charge in [0.05, 0.1) is 19.1 Å². The lowest BCUT2D eigenvalue weighted by molar-refractivity contribution is 0.343. The highest BCUT2D eigenvalue weighted by molar-refractivity contribution is 7.09. The second-order valence-corrected chi connectivity index (χ2v) is 5.87. The third kappa shape index (κ3) is 2.49. The Balaban J connectivity index is 1.85. The molecule has 4 heteroatoms. The van der Waals surface area contributed by atoms with Crippen molar-refractivity contribution < 1.29 is 0 Å². The molecule has 2 aromatic rings. The molecule has 1 aliphatic heterocycles. The largest absolute Gasteiger partial charge is 0.370 e. The lowest BCUT2D eigenvalue weighted by Gasteiger charge is -2.26. The van der Waals surface area contributed by atoms with Crippen LogP contribution in [-0.4, -0.2) is 17.4 Å². The molecule has 1 unspecified atom stereocenters. The van der Waals surface area contributed by atoms with Gasteiger partial charge in [0.1, 0.15) is 0 Å². The second kappa shape index (κ2) is 5.05. The smallest absolute Gasteiger partial charge is 0.192 e. The molecule has 0 fully saturated rings. The first-order chi connectivity index (χ1) is 9.24. The third-order valence-electron chi connectivity index (χ3n) is 3.43. The highest BCUT2D eigenvalue weighted by atomic mass is 32.1. The molecular formula is C15H17N3S. The number of thiophene rings is 1. The minimum atomic E-state index is 0.266.